The summed E-state index contributed by atoms with van der Waals surface area (Å²) in [5.74, 6) is 0. The smallest absolute Gasteiger partial charge is 0.305 e. The minimum atomic E-state index is -3.06. The Morgan fingerprint density at radius 1 is 1.36 bits per heavy atom. The van der Waals surface area contributed by atoms with E-state index in [0.29, 0.717) is 17.8 Å². The van der Waals surface area contributed by atoms with Gasteiger partial charge >= 0.3 is 7.60 Å². The van der Waals surface area contributed by atoms with Crippen LogP contribution in [0.25, 0.3) is 0 Å². The molecule has 0 atom stereocenters. The first kappa shape index (κ1) is 12.4. The van der Waals surface area contributed by atoms with E-state index in [0.717, 1.165) is 3.79 Å². The first-order valence-corrected chi connectivity index (χ1v) is 7.42. The predicted molar refractivity (Wildman–Crippen MR) is 62.5 cm³/mol. The van der Waals surface area contributed by atoms with Crippen LogP contribution < -0.4 is 4.62 Å². The highest BCUT2D eigenvalue weighted by Crippen LogP contribution is 2.48. The van der Waals surface area contributed by atoms with Crippen molar-refractivity contribution in [3.63, 3.8) is 0 Å². The fraction of sp³-hybridized carbons (Fsp3) is 0.500. The molecule has 0 fully saturated rings. The predicted octanol–water partition coefficient (Wildman–Crippen LogP) is 3.40. The second-order valence-corrected chi connectivity index (χ2v) is 7.17. The van der Waals surface area contributed by atoms with Crippen molar-refractivity contribution in [1.29, 1.82) is 0 Å². The number of hydrogen-bond donors (Lipinski definition) is 0. The van der Waals surface area contributed by atoms with Crippen molar-refractivity contribution >= 4 is 39.5 Å². The molecular formula is C8H12BrO3PS. The van der Waals surface area contributed by atoms with Gasteiger partial charge in [-0.15, -0.1) is 11.3 Å². The van der Waals surface area contributed by atoms with Gasteiger partial charge in [-0.1, -0.05) is 0 Å². The zero-order valence-corrected chi connectivity index (χ0v) is 11.3. The molecule has 0 aromatic carbocycles. The van der Waals surface area contributed by atoms with Gasteiger partial charge in [-0.3, -0.25) is 4.57 Å². The molecule has 3 nitrogen and oxygen atoms in total. The molecular weight excluding hydrogens is 287 g/mol. The lowest BCUT2D eigenvalue weighted by Crippen LogP contribution is -2.06. The molecule has 0 saturated heterocycles. The average molecular weight is 299 g/mol. The Hall–Kier alpha value is 0.330. The number of thiophene rings is 1. The first-order chi connectivity index (χ1) is 6.62. The van der Waals surface area contributed by atoms with Crippen LogP contribution in [0.2, 0.25) is 0 Å². The molecule has 0 N–H and O–H groups in total. The molecule has 1 aromatic heterocycles. The zero-order chi connectivity index (χ0) is 10.6. The molecule has 0 spiro atoms. The Morgan fingerprint density at radius 2 is 1.93 bits per heavy atom. The Balaban J connectivity index is 2.93. The average Bonchev–Trinajstić information content (AvgIpc) is 2.53. The summed E-state index contributed by atoms with van der Waals surface area (Å²) >= 11 is 4.69. The van der Waals surface area contributed by atoms with Crippen LogP contribution in [0.5, 0.6) is 0 Å². The Labute approximate surface area is 96.1 Å². The Morgan fingerprint density at radius 3 is 2.29 bits per heavy atom. The van der Waals surface area contributed by atoms with Crippen molar-refractivity contribution in [2.24, 2.45) is 0 Å². The zero-order valence-electron chi connectivity index (χ0n) is 8.03. The lowest BCUT2D eigenvalue weighted by atomic mass is 10.7. The van der Waals surface area contributed by atoms with E-state index in [1.165, 1.54) is 11.3 Å². The first-order valence-electron chi connectivity index (χ1n) is 4.27. The summed E-state index contributed by atoms with van der Waals surface area (Å²) in [5, 5.41) is 0. The van der Waals surface area contributed by atoms with Gasteiger partial charge in [0.25, 0.3) is 0 Å². The lowest BCUT2D eigenvalue weighted by molar-refractivity contribution is 0.230. The van der Waals surface area contributed by atoms with Crippen molar-refractivity contribution in [2.75, 3.05) is 13.2 Å². The monoisotopic (exact) mass is 298 g/mol. The molecule has 0 unspecified atom stereocenters. The van der Waals surface area contributed by atoms with Gasteiger partial charge in [-0.25, -0.2) is 0 Å². The molecule has 0 bridgehead atoms. The van der Waals surface area contributed by atoms with Gasteiger partial charge in [0.2, 0.25) is 0 Å². The maximum Gasteiger partial charge on any atom is 0.371 e. The van der Waals surface area contributed by atoms with Gasteiger partial charge in [0.1, 0.15) is 4.62 Å². The lowest BCUT2D eigenvalue weighted by Gasteiger charge is -2.14. The molecule has 0 amide bonds. The summed E-state index contributed by atoms with van der Waals surface area (Å²) in [6.07, 6.45) is 0. The summed E-state index contributed by atoms with van der Waals surface area (Å²) in [4.78, 5) is 0. The minimum Gasteiger partial charge on any atom is -0.305 e. The number of rotatable bonds is 5. The van der Waals surface area contributed by atoms with Crippen molar-refractivity contribution in [3.05, 3.63) is 15.9 Å². The molecule has 0 radical (unpaired) electrons. The van der Waals surface area contributed by atoms with E-state index in [1.54, 1.807) is 19.9 Å². The third-order valence-corrected chi connectivity index (χ3v) is 5.68. The van der Waals surface area contributed by atoms with Crippen LogP contribution in [0.3, 0.4) is 0 Å². The van der Waals surface area contributed by atoms with E-state index in [9.17, 15) is 4.57 Å². The van der Waals surface area contributed by atoms with Gasteiger partial charge in [0.15, 0.2) is 0 Å². The van der Waals surface area contributed by atoms with Crippen LogP contribution in [-0.4, -0.2) is 13.2 Å². The highest BCUT2D eigenvalue weighted by atomic mass is 79.9. The number of halogens is 1. The van der Waals surface area contributed by atoms with Crippen molar-refractivity contribution in [3.8, 4) is 0 Å². The van der Waals surface area contributed by atoms with Gasteiger partial charge in [-0.2, -0.15) is 0 Å². The normalized spacial score (nSPS) is 11.9. The SMILES string of the molecule is CCOP(=O)(OCC)c1ccc(Br)s1. The summed E-state index contributed by atoms with van der Waals surface area (Å²) in [6.45, 7) is 4.36. The highest BCUT2D eigenvalue weighted by Gasteiger charge is 2.28. The van der Waals surface area contributed by atoms with E-state index in [1.807, 2.05) is 6.07 Å². The summed E-state index contributed by atoms with van der Waals surface area (Å²) in [5.41, 5.74) is 0. The van der Waals surface area contributed by atoms with Crippen LogP contribution in [0.4, 0.5) is 0 Å². The highest BCUT2D eigenvalue weighted by molar-refractivity contribution is 9.11. The molecule has 0 aliphatic carbocycles. The maximum atomic E-state index is 12.2. The molecule has 6 heteroatoms. The van der Waals surface area contributed by atoms with Crippen LogP contribution in [-0.2, 0) is 13.6 Å². The van der Waals surface area contributed by atoms with Crippen molar-refractivity contribution < 1.29 is 13.6 Å². The third kappa shape index (κ3) is 2.91. The second-order valence-electron chi connectivity index (χ2n) is 2.41. The van der Waals surface area contributed by atoms with E-state index in [2.05, 4.69) is 15.9 Å². The molecule has 1 rings (SSSR count). The Bertz CT molecular complexity index is 329. The summed E-state index contributed by atoms with van der Waals surface area (Å²) < 4.78 is 24.1. The van der Waals surface area contributed by atoms with E-state index >= 15 is 0 Å². The van der Waals surface area contributed by atoms with Gasteiger partial charge in [0, 0.05) is 0 Å². The topological polar surface area (TPSA) is 35.5 Å². The van der Waals surface area contributed by atoms with Crippen molar-refractivity contribution in [2.45, 2.75) is 13.8 Å². The second kappa shape index (κ2) is 5.42. The fourth-order valence-corrected chi connectivity index (χ4v) is 4.78. The van der Waals surface area contributed by atoms with Crippen LogP contribution in [0, 0.1) is 0 Å². The fourth-order valence-electron chi connectivity index (χ4n) is 0.956. The van der Waals surface area contributed by atoms with Crippen LogP contribution in [0.15, 0.2) is 15.9 Å². The van der Waals surface area contributed by atoms with Crippen LogP contribution in [0.1, 0.15) is 13.8 Å². The summed E-state index contributed by atoms with van der Waals surface area (Å²) in [6, 6.07) is 3.60. The molecule has 1 heterocycles. The largest absolute Gasteiger partial charge is 0.371 e. The quantitative estimate of drug-likeness (QED) is 0.782. The molecule has 0 aliphatic heterocycles. The molecule has 14 heavy (non-hydrogen) atoms. The van der Waals surface area contributed by atoms with Gasteiger partial charge in [-0.05, 0) is 41.9 Å². The van der Waals surface area contributed by atoms with Gasteiger partial charge < -0.3 is 9.05 Å². The molecule has 0 aliphatic rings. The summed E-state index contributed by atoms with van der Waals surface area (Å²) in [7, 11) is -3.06. The molecule has 0 saturated carbocycles. The van der Waals surface area contributed by atoms with Crippen LogP contribution >= 0.6 is 34.9 Å². The minimum absolute atomic E-state index is 0.382. The number of hydrogen-bond acceptors (Lipinski definition) is 4. The molecule has 80 valence electrons. The van der Waals surface area contributed by atoms with Crippen molar-refractivity contribution in [1.82, 2.24) is 0 Å². The van der Waals surface area contributed by atoms with Gasteiger partial charge in [0.05, 0.1) is 17.0 Å². The van der Waals surface area contributed by atoms with E-state index in [-0.39, 0.29) is 0 Å². The van der Waals surface area contributed by atoms with E-state index in [4.69, 9.17) is 9.05 Å². The maximum absolute atomic E-state index is 12.2. The Kier molecular flexibility index (Phi) is 4.80. The third-order valence-electron chi connectivity index (χ3n) is 1.43. The standard InChI is InChI=1S/C8H12BrO3PS/c1-3-11-13(10,12-4-2)8-6-5-7(9)14-8/h5-6H,3-4H2,1-2H3. The van der Waals surface area contributed by atoms with E-state index < -0.39 is 7.60 Å². The molecule has 1 aromatic rings.